The molecule has 1 heterocycles. The Labute approximate surface area is 175 Å². The Morgan fingerprint density at radius 2 is 1.07 bits per heavy atom. The van der Waals surface area contributed by atoms with Crippen LogP contribution in [0, 0.1) is 0 Å². The second-order valence-electron chi connectivity index (χ2n) is 8.47. The Hall–Kier alpha value is -1.05. The van der Waals surface area contributed by atoms with Gasteiger partial charge < -0.3 is 4.90 Å². The predicted octanol–water partition coefficient (Wildman–Crippen LogP) is 7.98. The van der Waals surface area contributed by atoms with E-state index in [2.05, 4.69) is 31.2 Å². The number of carbonyl (C=O) groups excluding carboxylic acids is 1. The zero-order valence-electron chi connectivity index (χ0n) is 18.8. The molecular formula is C26H47NO. The third-order valence-corrected chi connectivity index (χ3v) is 5.77. The van der Waals surface area contributed by atoms with Gasteiger partial charge in [0.05, 0.1) is 0 Å². The third-order valence-electron chi connectivity index (χ3n) is 5.77. The van der Waals surface area contributed by atoms with Crippen LogP contribution < -0.4 is 0 Å². The first-order valence-corrected chi connectivity index (χ1v) is 12.4. The summed E-state index contributed by atoms with van der Waals surface area (Å²) in [6.07, 6.45) is 32.0. The van der Waals surface area contributed by atoms with E-state index in [4.69, 9.17) is 0 Å². The lowest BCUT2D eigenvalue weighted by atomic mass is 10.1. The van der Waals surface area contributed by atoms with Crippen molar-refractivity contribution in [3.63, 3.8) is 0 Å². The van der Waals surface area contributed by atoms with Gasteiger partial charge >= 0.3 is 0 Å². The first kappa shape index (κ1) is 25.0. The summed E-state index contributed by atoms with van der Waals surface area (Å²) in [5, 5.41) is 0. The topological polar surface area (TPSA) is 20.3 Å². The van der Waals surface area contributed by atoms with E-state index >= 15 is 0 Å². The maximum absolute atomic E-state index is 11.9. The van der Waals surface area contributed by atoms with Crippen LogP contribution in [-0.2, 0) is 4.79 Å². The molecule has 0 aromatic heterocycles. The van der Waals surface area contributed by atoms with Gasteiger partial charge in [-0.15, -0.1) is 0 Å². The Morgan fingerprint density at radius 1 is 0.643 bits per heavy atom. The molecule has 0 bridgehead atoms. The number of allylic oxidation sites excluding steroid dienone is 4. The van der Waals surface area contributed by atoms with Crippen molar-refractivity contribution in [2.24, 2.45) is 0 Å². The molecule has 1 fully saturated rings. The molecule has 0 atom stereocenters. The van der Waals surface area contributed by atoms with Gasteiger partial charge in [-0.05, 0) is 70.6 Å². The van der Waals surface area contributed by atoms with Gasteiger partial charge in [0.25, 0.3) is 0 Å². The smallest absolute Gasteiger partial charge is 0.222 e. The van der Waals surface area contributed by atoms with Crippen LogP contribution in [0.1, 0.15) is 122 Å². The van der Waals surface area contributed by atoms with E-state index in [0.717, 1.165) is 25.9 Å². The largest absolute Gasteiger partial charge is 0.343 e. The van der Waals surface area contributed by atoms with Crippen molar-refractivity contribution >= 4 is 5.91 Å². The summed E-state index contributed by atoms with van der Waals surface area (Å²) in [6.45, 7) is 4.27. The van der Waals surface area contributed by atoms with Crippen molar-refractivity contribution in [3.8, 4) is 0 Å². The summed E-state index contributed by atoms with van der Waals surface area (Å²) < 4.78 is 0. The van der Waals surface area contributed by atoms with Crippen LogP contribution in [0.3, 0.4) is 0 Å². The standard InChI is InChI=1S/C26H47NO/c1-2-3-4-5-6-7-8-9-10-11-12-13-14-15-16-17-18-19-20-23-26(28)27-24-21-22-25-27/h7-8,15-16H,2-6,9-14,17-25H2,1H3/b8-7-,16-15-. The van der Waals surface area contributed by atoms with Crippen LogP contribution >= 0.6 is 0 Å². The number of hydrogen-bond acceptors (Lipinski definition) is 1. The van der Waals surface area contributed by atoms with Gasteiger partial charge in [0.15, 0.2) is 0 Å². The van der Waals surface area contributed by atoms with E-state index in [0.29, 0.717) is 5.91 Å². The summed E-state index contributed by atoms with van der Waals surface area (Å²) >= 11 is 0. The van der Waals surface area contributed by atoms with E-state index < -0.39 is 0 Å². The molecule has 1 amide bonds. The van der Waals surface area contributed by atoms with Gasteiger partial charge in [0.2, 0.25) is 5.91 Å². The molecule has 0 aromatic rings. The molecule has 162 valence electrons. The van der Waals surface area contributed by atoms with Crippen LogP contribution in [0.5, 0.6) is 0 Å². The van der Waals surface area contributed by atoms with E-state index in [1.54, 1.807) is 0 Å². The normalized spacial score (nSPS) is 14.7. The maximum atomic E-state index is 11.9. The number of hydrogen-bond donors (Lipinski definition) is 0. The summed E-state index contributed by atoms with van der Waals surface area (Å²) in [6, 6.07) is 0. The zero-order chi connectivity index (χ0) is 20.1. The van der Waals surface area contributed by atoms with Gasteiger partial charge in [-0.2, -0.15) is 0 Å². The summed E-state index contributed by atoms with van der Waals surface area (Å²) in [5.41, 5.74) is 0. The molecule has 1 aliphatic rings. The minimum Gasteiger partial charge on any atom is -0.343 e. The highest BCUT2D eigenvalue weighted by Crippen LogP contribution is 2.12. The highest BCUT2D eigenvalue weighted by molar-refractivity contribution is 5.76. The molecule has 1 rings (SSSR count). The number of unbranched alkanes of at least 4 members (excludes halogenated alkanes) is 12. The molecule has 0 saturated carbocycles. The molecule has 0 radical (unpaired) electrons. The third kappa shape index (κ3) is 14.9. The fourth-order valence-corrected chi connectivity index (χ4v) is 3.88. The van der Waals surface area contributed by atoms with Crippen LogP contribution in [0.25, 0.3) is 0 Å². The van der Waals surface area contributed by atoms with E-state index in [9.17, 15) is 4.79 Å². The second kappa shape index (κ2) is 19.3. The van der Waals surface area contributed by atoms with Gasteiger partial charge in [0.1, 0.15) is 0 Å². The van der Waals surface area contributed by atoms with E-state index in [1.165, 1.54) is 103 Å². The Morgan fingerprint density at radius 3 is 1.54 bits per heavy atom. The lowest BCUT2D eigenvalue weighted by Gasteiger charge is -2.14. The Bertz CT molecular complexity index is 407. The highest BCUT2D eigenvalue weighted by atomic mass is 16.2. The van der Waals surface area contributed by atoms with Crippen molar-refractivity contribution in [3.05, 3.63) is 24.3 Å². The SMILES string of the molecule is CCCCCC/C=C\CCCCCC/C=C\CCCCCC(=O)N1CCCC1. The molecule has 0 unspecified atom stereocenters. The number of carbonyl (C=O) groups is 1. The molecule has 1 saturated heterocycles. The molecule has 2 heteroatoms. The second-order valence-corrected chi connectivity index (χ2v) is 8.47. The Kier molecular flexibility index (Phi) is 17.2. The first-order chi connectivity index (χ1) is 13.8. The predicted molar refractivity (Wildman–Crippen MR) is 124 cm³/mol. The monoisotopic (exact) mass is 389 g/mol. The minimum absolute atomic E-state index is 0.385. The van der Waals surface area contributed by atoms with Gasteiger partial charge in [-0.25, -0.2) is 0 Å². The van der Waals surface area contributed by atoms with Gasteiger partial charge in [0, 0.05) is 19.5 Å². The summed E-state index contributed by atoms with van der Waals surface area (Å²) in [4.78, 5) is 14.0. The molecule has 1 aliphatic heterocycles. The lowest BCUT2D eigenvalue weighted by molar-refractivity contribution is -0.130. The van der Waals surface area contributed by atoms with Gasteiger partial charge in [-0.3, -0.25) is 4.79 Å². The van der Waals surface area contributed by atoms with Crippen LogP contribution in [0.2, 0.25) is 0 Å². The number of likely N-dealkylation sites (tertiary alicyclic amines) is 1. The van der Waals surface area contributed by atoms with Crippen LogP contribution in [0.4, 0.5) is 0 Å². The van der Waals surface area contributed by atoms with Crippen LogP contribution in [-0.4, -0.2) is 23.9 Å². The van der Waals surface area contributed by atoms with Crippen molar-refractivity contribution in [2.45, 2.75) is 122 Å². The van der Waals surface area contributed by atoms with E-state index in [1.807, 2.05) is 4.90 Å². The zero-order valence-corrected chi connectivity index (χ0v) is 18.8. The maximum Gasteiger partial charge on any atom is 0.222 e. The molecule has 0 aliphatic carbocycles. The lowest BCUT2D eigenvalue weighted by Crippen LogP contribution is -2.27. The molecule has 28 heavy (non-hydrogen) atoms. The fraction of sp³-hybridized carbons (Fsp3) is 0.808. The molecular weight excluding hydrogens is 342 g/mol. The number of rotatable bonds is 18. The fourth-order valence-electron chi connectivity index (χ4n) is 3.88. The quantitative estimate of drug-likeness (QED) is 0.172. The molecule has 0 aromatic carbocycles. The van der Waals surface area contributed by atoms with Crippen molar-refractivity contribution in [1.29, 1.82) is 0 Å². The molecule has 0 spiro atoms. The van der Waals surface area contributed by atoms with Crippen molar-refractivity contribution in [2.75, 3.05) is 13.1 Å². The minimum atomic E-state index is 0.385. The van der Waals surface area contributed by atoms with E-state index in [-0.39, 0.29) is 0 Å². The van der Waals surface area contributed by atoms with Gasteiger partial charge in [-0.1, -0.05) is 69.8 Å². The average molecular weight is 390 g/mol. The summed E-state index contributed by atoms with van der Waals surface area (Å²) in [7, 11) is 0. The Balaban J connectivity index is 1.76. The molecule has 0 N–H and O–H groups in total. The number of nitrogens with zero attached hydrogens (tertiary/aromatic N) is 1. The van der Waals surface area contributed by atoms with Crippen molar-refractivity contribution in [1.82, 2.24) is 4.90 Å². The van der Waals surface area contributed by atoms with Crippen LogP contribution in [0.15, 0.2) is 24.3 Å². The average Bonchev–Trinajstić information content (AvgIpc) is 3.24. The molecule has 2 nitrogen and oxygen atoms in total. The van der Waals surface area contributed by atoms with Crippen molar-refractivity contribution < 1.29 is 4.79 Å². The number of amides is 1. The first-order valence-electron chi connectivity index (χ1n) is 12.4. The summed E-state index contributed by atoms with van der Waals surface area (Å²) in [5.74, 6) is 0.385. The highest BCUT2D eigenvalue weighted by Gasteiger charge is 2.16.